The highest BCUT2D eigenvalue weighted by Crippen LogP contribution is 2.20. The molecule has 0 unspecified atom stereocenters. The van der Waals surface area contributed by atoms with Gasteiger partial charge in [0.2, 0.25) is 0 Å². The summed E-state index contributed by atoms with van der Waals surface area (Å²) in [7, 11) is 0. The summed E-state index contributed by atoms with van der Waals surface area (Å²) in [5.74, 6) is 0. The number of nitrogens with one attached hydrogen (secondary N) is 2. The van der Waals surface area contributed by atoms with Crippen molar-refractivity contribution in [3.63, 3.8) is 0 Å². The Morgan fingerprint density at radius 2 is 2.29 bits per heavy atom. The van der Waals surface area contributed by atoms with Gasteiger partial charge in [-0.3, -0.25) is 0 Å². The van der Waals surface area contributed by atoms with E-state index in [-0.39, 0.29) is 0 Å². The summed E-state index contributed by atoms with van der Waals surface area (Å²) in [5.41, 5.74) is 8.76. The van der Waals surface area contributed by atoms with Gasteiger partial charge in [0.1, 0.15) is 6.09 Å². The average molecular weight is 232 g/mol. The Balaban J connectivity index is 2.19. The summed E-state index contributed by atoms with van der Waals surface area (Å²) in [6, 6.07) is 5.98. The monoisotopic (exact) mass is 232 g/mol. The highest BCUT2D eigenvalue weighted by atomic mass is 16.4. The topological polar surface area (TPSA) is 94.0 Å². The number of hydrogen-bond acceptors (Lipinski definition) is 3. The first-order chi connectivity index (χ1) is 8.20. The predicted octanol–water partition coefficient (Wildman–Crippen LogP) is 0.102. The summed E-state index contributed by atoms with van der Waals surface area (Å²) in [4.78, 5) is 13.4. The molecule has 0 spiro atoms. The highest BCUT2D eigenvalue weighted by molar-refractivity contribution is 5.84. The molecule has 1 heterocycles. The molecule has 17 heavy (non-hydrogen) atoms. The molecule has 2 aromatic rings. The zero-order valence-corrected chi connectivity index (χ0v) is 9.32. The maximum absolute atomic E-state index is 10.2. The fourth-order valence-corrected chi connectivity index (χ4v) is 1.86. The minimum Gasteiger partial charge on any atom is -0.530 e. The standard InChI is InChI=1S/C12H15N3O2/c13-6-8-1-2-11-10(5-8)9(7-15-11)3-4-14-12(16)17/h1-2,5,7,14-15H,3-4,6,13H2,(H,16,17)/p-1. The number of carboxylic acid groups (broad SMARTS) is 1. The van der Waals surface area contributed by atoms with Crippen LogP contribution in [0.15, 0.2) is 24.4 Å². The summed E-state index contributed by atoms with van der Waals surface area (Å²) >= 11 is 0. The van der Waals surface area contributed by atoms with Gasteiger partial charge in [-0.1, -0.05) is 6.07 Å². The van der Waals surface area contributed by atoms with E-state index in [9.17, 15) is 9.90 Å². The second-order valence-electron chi connectivity index (χ2n) is 3.86. The van der Waals surface area contributed by atoms with Crippen molar-refractivity contribution in [2.24, 2.45) is 5.73 Å². The van der Waals surface area contributed by atoms with Crippen LogP contribution in [0.4, 0.5) is 4.79 Å². The molecule has 1 aromatic carbocycles. The normalized spacial score (nSPS) is 10.6. The molecule has 0 bridgehead atoms. The molecule has 5 heteroatoms. The third kappa shape index (κ3) is 2.57. The van der Waals surface area contributed by atoms with Crippen molar-refractivity contribution in [3.8, 4) is 0 Å². The number of aromatic nitrogens is 1. The number of fused-ring (bicyclic) bond motifs is 1. The Bertz CT molecular complexity index is 534. The second kappa shape index (κ2) is 4.88. The lowest BCUT2D eigenvalue weighted by Gasteiger charge is -2.05. The van der Waals surface area contributed by atoms with Crippen LogP contribution in [-0.4, -0.2) is 17.6 Å². The van der Waals surface area contributed by atoms with Crippen LogP contribution in [-0.2, 0) is 13.0 Å². The van der Waals surface area contributed by atoms with Crippen LogP contribution in [0.3, 0.4) is 0 Å². The van der Waals surface area contributed by atoms with Gasteiger partial charge in [0, 0.05) is 30.2 Å². The Kier molecular flexibility index (Phi) is 3.30. The van der Waals surface area contributed by atoms with Gasteiger partial charge < -0.3 is 25.9 Å². The molecule has 1 amide bonds. The van der Waals surface area contributed by atoms with Crippen molar-refractivity contribution in [3.05, 3.63) is 35.5 Å². The van der Waals surface area contributed by atoms with E-state index in [0.29, 0.717) is 19.5 Å². The fraction of sp³-hybridized carbons (Fsp3) is 0.250. The van der Waals surface area contributed by atoms with E-state index < -0.39 is 6.09 Å². The van der Waals surface area contributed by atoms with E-state index in [4.69, 9.17) is 5.73 Å². The summed E-state index contributed by atoms with van der Waals surface area (Å²) in [5, 5.41) is 13.6. The molecular formula is C12H14N3O2-. The van der Waals surface area contributed by atoms with Gasteiger partial charge in [0.25, 0.3) is 0 Å². The van der Waals surface area contributed by atoms with Crippen LogP contribution in [0.2, 0.25) is 0 Å². The van der Waals surface area contributed by atoms with Crippen molar-refractivity contribution in [2.45, 2.75) is 13.0 Å². The smallest absolute Gasteiger partial charge is 0.134 e. The average Bonchev–Trinajstić information content (AvgIpc) is 2.71. The lowest BCUT2D eigenvalue weighted by molar-refractivity contribution is -0.250. The summed E-state index contributed by atoms with van der Waals surface area (Å²) < 4.78 is 0. The maximum Gasteiger partial charge on any atom is 0.134 e. The van der Waals surface area contributed by atoms with Crippen LogP contribution >= 0.6 is 0 Å². The Morgan fingerprint density at radius 1 is 1.47 bits per heavy atom. The number of carbonyl (C=O) groups is 1. The molecule has 0 aliphatic heterocycles. The van der Waals surface area contributed by atoms with Gasteiger partial charge in [-0.2, -0.15) is 0 Å². The highest BCUT2D eigenvalue weighted by Gasteiger charge is 2.04. The first-order valence-corrected chi connectivity index (χ1v) is 5.44. The molecule has 0 aliphatic rings. The minimum atomic E-state index is -1.24. The maximum atomic E-state index is 10.2. The summed E-state index contributed by atoms with van der Waals surface area (Å²) in [6.45, 7) is 0.847. The Morgan fingerprint density at radius 3 is 3.00 bits per heavy atom. The predicted molar refractivity (Wildman–Crippen MR) is 63.3 cm³/mol. The molecule has 0 radical (unpaired) electrons. The van der Waals surface area contributed by atoms with E-state index >= 15 is 0 Å². The number of benzene rings is 1. The second-order valence-corrected chi connectivity index (χ2v) is 3.86. The molecule has 4 N–H and O–H groups in total. The Labute approximate surface area is 98.6 Å². The molecule has 90 valence electrons. The number of carbonyl (C=O) groups excluding carboxylic acids is 1. The van der Waals surface area contributed by atoms with E-state index in [0.717, 1.165) is 22.0 Å². The third-order valence-electron chi connectivity index (χ3n) is 2.73. The van der Waals surface area contributed by atoms with Gasteiger partial charge in [-0.25, -0.2) is 0 Å². The SMILES string of the molecule is NCc1ccc2[nH]cc(CCNC(=O)[O-])c2c1. The summed E-state index contributed by atoms with van der Waals surface area (Å²) in [6.07, 6.45) is 1.27. The number of aromatic amines is 1. The number of H-pyrrole nitrogens is 1. The molecule has 0 atom stereocenters. The van der Waals surface area contributed by atoms with E-state index in [1.807, 2.05) is 24.4 Å². The molecule has 1 aromatic heterocycles. The van der Waals surface area contributed by atoms with E-state index in [1.54, 1.807) is 0 Å². The molecule has 5 nitrogen and oxygen atoms in total. The molecule has 0 aliphatic carbocycles. The van der Waals surface area contributed by atoms with Gasteiger partial charge in [-0.05, 0) is 29.7 Å². The van der Waals surface area contributed by atoms with Crippen molar-refractivity contribution in [2.75, 3.05) is 6.54 Å². The minimum absolute atomic E-state index is 0.349. The van der Waals surface area contributed by atoms with Gasteiger partial charge in [-0.15, -0.1) is 0 Å². The van der Waals surface area contributed by atoms with Crippen LogP contribution in [0.1, 0.15) is 11.1 Å². The fourth-order valence-electron chi connectivity index (χ4n) is 1.86. The van der Waals surface area contributed by atoms with Gasteiger partial charge in [0.05, 0.1) is 0 Å². The largest absolute Gasteiger partial charge is 0.530 e. The zero-order chi connectivity index (χ0) is 12.3. The third-order valence-corrected chi connectivity index (χ3v) is 2.73. The van der Waals surface area contributed by atoms with Crippen LogP contribution < -0.4 is 16.2 Å². The number of rotatable bonds is 4. The van der Waals surface area contributed by atoms with Crippen LogP contribution in [0.25, 0.3) is 10.9 Å². The number of amides is 1. The lowest BCUT2D eigenvalue weighted by Crippen LogP contribution is -2.37. The zero-order valence-electron chi connectivity index (χ0n) is 9.32. The van der Waals surface area contributed by atoms with E-state index in [2.05, 4.69) is 10.3 Å². The molecule has 0 fully saturated rings. The van der Waals surface area contributed by atoms with Crippen molar-refractivity contribution < 1.29 is 9.90 Å². The number of hydrogen-bond donors (Lipinski definition) is 3. The number of nitrogens with two attached hydrogens (primary N) is 1. The quantitative estimate of drug-likeness (QED) is 0.698. The van der Waals surface area contributed by atoms with Crippen molar-refractivity contribution in [1.82, 2.24) is 10.3 Å². The Hall–Kier alpha value is -2.01. The van der Waals surface area contributed by atoms with Gasteiger partial charge in [0.15, 0.2) is 0 Å². The lowest BCUT2D eigenvalue weighted by atomic mass is 10.1. The van der Waals surface area contributed by atoms with E-state index in [1.165, 1.54) is 0 Å². The first kappa shape index (κ1) is 11.5. The van der Waals surface area contributed by atoms with Crippen LogP contribution in [0, 0.1) is 0 Å². The first-order valence-electron chi connectivity index (χ1n) is 5.44. The molecular weight excluding hydrogens is 218 g/mol. The van der Waals surface area contributed by atoms with Gasteiger partial charge >= 0.3 is 0 Å². The van der Waals surface area contributed by atoms with Crippen molar-refractivity contribution in [1.29, 1.82) is 0 Å². The molecule has 0 saturated carbocycles. The van der Waals surface area contributed by atoms with Crippen molar-refractivity contribution >= 4 is 17.0 Å². The molecule has 0 saturated heterocycles. The molecule has 2 rings (SSSR count). The van der Waals surface area contributed by atoms with Crippen LogP contribution in [0.5, 0.6) is 0 Å².